The predicted molar refractivity (Wildman–Crippen MR) is 73.6 cm³/mol. The fraction of sp³-hybridized carbons (Fsp3) is 0.929. The summed E-state index contributed by atoms with van der Waals surface area (Å²) in [5.41, 5.74) is 0. The number of hydrogen-bond donors (Lipinski definition) is 0. The topological polar surface area (TPSA) is 20.3 Å². The normalized spacial score (nSPS) is 31.7. The van der Waals surface area contributed by atoms with Crippen LogP contribution in [0.5, 0.6) is 0 Å². The molecule has 0 heterocycles. The Labute approximate surface area is 112 Å². The van der Waals surface area contributed by atoms with E-state index in [0.29, 0.717) is 35.6 Å². The second kappa shape index (κ2) is 5.71. The molecule has 2 rings (SSSR count). The molecule has 0 amide bonds. The van der Waals surface area contributed by atoms with Crippen molar-refractivity contribution in [1.29, 1.82) is 0 Å². The van der Waals surface area contributed by atoms with E-state index in [-0.39, 0.29) is 12.4 Å². The molecule has 2 bridgehead atoms. The van der Waals surface area contributed by atoms with Crippen molar-refractivity contribution in [3.05, 3.63) is 0 Å². The van der Waals surface area contributed by atoms with E-state index in [4.69, 9.17) is 0 Å². The van der Waals surface area contributed by atoms with Gasteiger partial charge in [-0.1, -0.05) is 0 Å². The molecule has 0 aromatic rings. The molecule has 17 heavy (non-hydrogen) atoms. The lowest BCUT2D eigenvalue weighted by atomic mass is 9.87. The highest BCUT2D eigenvalue weighted by atomic mass is 35.5. The summed E-state index contributed by atoms with van der Waals surface area (Å²) in [6, 6.07) is 1.10. The first kappa shape index (κ1) is 15.0. The maximum absolute atomic E-state index is 12.1. The molecule has 2 aliphatic rings. The molecule has 2 aliphatic carbocycles. The quantitative estimate of drug-likeness (QED) is 0.773. The monoisotopic (exact) mass is 259 g/mol. The Kier molecular flexibility index (Phi) is 5.03. The average Bonchev–Trinajstić information content (AvgIpc) is 2.74. The van der Waals surface area contributed by atoms with Gasteiger partial charge >= 0.3 is 0 Å². The molecule has 3 atom stereocenters. The summed E-state index contributed by atoms with van der Waals surface area (Å²) in [4.78, 5) is 14.6. The molecule has 0 aromatic carbocycles. The van der Waals surface area contributed by atoms with Gasteiger partial charge in [0, 0.05) is 30.5 Å². The maximum Gasteiger partial charge on any atom is 0.140 e. The van der Waals surface area contributed by atoms with Gasteiger partial charge < -0.3 is 0 Å². The lowest BCUT2D eigenvalue weighted by Crippen LogP contribution is -2.43. The Morgan fingerprint density at radius 2 is 1.76 bits per heavy atom. The van der Waals surface area contributed by atoms with Gasteiger partial charge in [0.15, 0.2) is 0 Å². The number of carbonyl (C=O) groups is 1. The smallest absolute Gasteiger partial charge is 0.140 e. The zero-order valence-electron chi connectivity index (χ0n) is 11.5. The first-order valence-corrected chi connectivity index (χ1v) is 6.80. The summed E-state index contributed by atoms with van der Waals surface area (Å²) < 4.78 is 0. The van der Waals surface area contributed by atoms with Crippen molar-refractivity contribution in [1.82, 2.24) is 4.90 Å². The molecule has 0 spiro atoms. The first-order valence-electron chi connectivity index (χ1n) is 6.80. The van der Waals surface area contributed by atoms with Gasteiger partial charge in [0.2, 0.25) is 0 Å². The van der Waals surface area contributed by atoms with Crippen LogP contribution in [0.25, 0.3) is 0 Å². The number of hydrogen-bond acceptors (Lipinski definition) is 2. The minimum atomic E-state index is 0. The van der Waals surface area contributed by atoms with Crippen LogP contribution in [0.2, 0.25) is 0 Å². The Hall–Kier alpha value is -0.0800. The molecular weight excluding hydrogens is 234 g/mol. The third-order valence-electron chi connectivity index (χ3n) is 4.54. The van der Waals surface area contributed by atoms with Crippen molar-refractivity contribution in [3.8, 4) is 0 Å². The van der Waals surface area contributed by atoms with Crippen LogP contribution in [0.15, 0.2) is 0 Å². The molecule has 3 unspecified atom stereocenters. The van der Waals surface area contributed by atoms with Crippen LogP contribution in [0, 0.1) is 17.8 Å². The number of ketones is 1. The molecule has 0 N–H and O–H groups in total. The highest BCUT2D eigenvalue weighted by Crippen LogP contribution is 2.46. The molecule has 0 aromatic heterocycles. The predicted octanol–water partition coefficient (Wildman–Crippen LogP) is 3.14. The van der Waals surface area contributed by atoms with Crippen LogP contribution in [0.3, 0.4) is 0 Å². The Morgan fingerprint density at radius 1 is 1.18 bits per heavy atom. The molecule has 0 saturated heterocycles. The lowest BCUT2D eigenvalue weighted by molar-refractivity contribution is -0.126. The van der Waals surface area contributed by atoms with Crippen molar-refractivity contribution in [2.75, 3.05) is 6.54 Å². The van der Waals surface area contributed by atoms with Gasteiger partial charge in [0.05, 0.1) is 0 Å². The highest BCUT2D eigenvalue weighted by molar-refractivity contribution is 5.87. The minimum Gasteiger partial charge on any atom is -0.299 e. The van der Waals surface area contributed by atoms with Crippen molar-refractivity contribution < 1.29 is 4.79 Å². The third kappa shape index (κ3) is 2.85. The van der Waals surface area contributed by atoms with Crippen molar-refractivity contribution in [2.45, 2.75) is 59.0 Å². The number of Topliss-reactive ketones (excluding diaryl/α,β-unsaturated/α-hetero) is 1. The highest BCUT2D eigenvalue weighted by Gasteiger charge is 2.47. The number of fused-ring (bicyclic) bond motifs is 2. The Bertz CT molecular complexity index is 269. The molecule has 0 radical (unpaired) electrons. The minimum absolute atomic E-state index is 0. The van der Waals surface area contributed by atoms with Crippen molar-refractivity contribution in [3.63, 3.8) is 0 Å². The van der Waals surface area contributed by atoms with Gasteiger partial charge in [-0.05, 0) is 52.9 Å². The summed E-state index contributed by atoms with van der Waals surface area (Å²) in [6.07, 6.45) is 3.65. The van der Waals surface area contributed by atoms with Crippen LogP contribution >= 0.6 is 12.4 Å². The van der Waals surface area contributed by atoms with Crippen molar-refractivity contribution in [2.24, 2.45) is 17.8 Å². The van der Waals surface area contributed by atoms with E-state index in [0.717, 1.165) is 6.54 Å². The largest absolute Gasteiger partial charge is 0.299 e. The van der Waals surface area contributed by atoms with E-state index < -0.39 is 0 Å². The fourth-order valence-corrected chi connectivity index (χ4v) is 3.66. The molecule has 0 aliphatic heterocycles. The van der Waals surface area contributed by atoms with Gasteiger partial charge in [0.25, 0.3) is 0 Å². The fourth-order valence-electron chi connectivity index (χ4n) is 3.66. The first-order chi connectivity index (χ1) is 7.50. The van der Waals surface area contributed by atoms with Gasteiger partial charge in [0.1, 0.15) is 5.78 Å². The van der Waals surface area contributed by atoms with E-state index in [1.165, 1.54) is 19.3 Å². The van der Waals surface area contributed by atoms with Crippen molar-refractivity contribution >= 4 is 18.2 Å². The van der Waals surface area contributed by atoms with E-state index >= 15 is 0 Å². The number of rotatable bonds is 4. The summed E-state index contributed by atoms with van der Waals surface area (Å²) in [7, 11) is 0. The molecule has 3 heteroatoms. The standard InChI is InChI=1S/C14H25NO.ClH/c1-9(2)15(10(3)4)8-13-11-5-6-12(7-11)14(13)16;/h9-13H,5-8H2,1-4H3;1H. The van der Waals surface area contributed by atoms with Crippen LogP contribution in [-0.2, 0) is 4.79 Å². The van der Waals surface area contributed by atoms with Crippen LogP contribution in [-0.4, -0.2) is 29.3 Å². The molecule has 2 nitrogen and oxygen atoms in total. The van der Waals surface area contributed by atoms with Gasteiger partial charge in [-0.2, -0.15) is 0 Å². The summed E-state index contributed by atoms with van der Waals surface area (Å²) in [5, 5.41) is 0. The van der Waals surface area contributed by atoms with Gasteiger partial charge in [-0.3, -0.25) is 9.69 Å². The van der Waals surface area contributed by atoms with Gasteiger partial charge in [-0.25, -0.2) is 0 Å². The number of nitrogens with zero attached hydrogens (tertiary/aromatic N) is 1. The molecular formula is C14H26ClNO. The van der Waals surface area contributed by atoms with E-state index in [1.807, 2.05) is 0 Å². The molecule has 2 fully saturated rings. The Morgan fingerprint density at radius 3 is 2.18 bits per heavy atom. The van der Waals surface area contributed by atoms with Crippen LogP contribution in [0.4, 0.5) is 0 Å². The number of carbonyl (C=O) groups excluding carboxylic acids is 1. The molecule has 100 valence electrons. The van der Waals surface area contributed by atoms with E-state index in [1.54, 1.807) is 0 Å². The average molecular weight is 260 g/mol. The third-order valence-corrected chi connectivity index (χ3v) is 4.54. The van der Waals surface area contributed by atoms with E-state index in [2.05, 4.69) is 32.6 Å². The summed E-state index contributed by atoms with van der Waals surface area (Å²) in [5.74, 6) is 2.06. The summed E-state index contributed by atoms with van der Waals surface area (Å²) in [6.45, 7) is 9.93. The lowest BCUT2D eigenvalue weighted by Gasteiger charge is -2.34. The zero-order chi connectivity index (χ0) is 11.9. The zero-order valence-corrected chi connectivity index (χ0v) is 12.3. The second-order valence-electron chi connectivity index (χ2n) is 6.16. The second-order valence-corrected chi connectivity index (χ2v) is 6.16. The Balaban J connectivity index is 0.00000144. The van der Waals surface area contributed by atoms with Crippen LogP contribution in [0.1, 0.15) is 47.0 Å². The SMILES string of the molecule is CC(C)N(CC1C(=O)C2CCC1C2)C(C)C.Cl. The molecule has 2 saturated carbocycles. The maximum atomic E-state index is 12.1. The summed E-state index contributed by atoms with van der Waals surface area (Å²) >= 11 is 0. The van der Waals surface area contributed by atoms with Gasteiger partial charge in [-0.15, -0.1) is 12.4 Å². The number of halogens is 1. The van der Waals surface area contributed by atoms with E-state index in [9.17, 15) is 4.79 Å². The van der Waals surface area contributed by atoms with Crippen LogP contribution < -0.4 is 0 Å².